The maximum atomic E-state index is 12.6. The van der Waals surface area contributed by atoms with Crippen LogP contribution in [0.25, 0.3) is 0 Å². The van der Waals surface area contributed by atoms with E-state index in [9.17, 15) is 4.79 Å². The Balaban J connectivity index is 1.46. The summed E-state index contributed by atoms with van der Waals surface area (Å²) in [6, 6.07) is 8.29. The van der Waals surface area contributed by atoms with Gasteiger partial charge in [-0.3, -0.25) is 9.69 Å². The summed E-state index contributed by atoms with van der Waals surface area (Å²) in [5.41, 5.74) is 3.60. The summed E-state index contributed by atoms with van der Waals surface area (Å²) in [5.74, 6) is 0.265. The second kappa shape index (κ2) is 5.74. The smallest absolute Gasteiger partial charge is 0.227 e. The van der Waals surface area contributed by atoms with Gasteiger partial charge in [0.05, 0.1) is 12.0 Å². The van der Waals surface area contributed by atoms with Crippen LogP contribution < -0.4 is 4.90 Å². The number of aryl methyl sites for hydroxylation is 2. The lowest BCUT2D eigenvalue weighted by Crippen LogP contribution is -2.31. The van der Waals surface area contributed by atoms with Crippen molar-refractivity contribution in [1.29, 1.82) is 0 Å². The molecule has 0 aliphatic carbocycles. The minimum Gasteiger partial charge on any atom is -0.337 e. The van der Waals surface area contributed by atoms with Gasteiger partial charge in [0.15, 0.2) is 0 Å². The fourth-order valence-corrected chi connectivity index (χ4v) is 4.06. The number of carbonyl (C=O) groups is 1. The van der Waals surface area contributed by atoms with E-state index in [1.165, 1.54) is 11.3 Å². The molecule has 1 aromatic heterocycles. The van der Waals surface area contributed by atoms with Gasteiger partial charge in [-0.25, -0.2) is 4.98 Å². The third-order valence-electron chi connectivity index (χ3n) is 5.49. The average molecular weight is 324 g/mol. The van der Waals surface area contributed by atoms with E-state index in [2.05, 4.69) is 45.6 Å². The molecule has 0 N–H and O–H groups in total. The van der Waals surface area contributed by atoms with Crippen molar-refractivity contribution in [2.24, 2.45) is 12.5 Å². The van der Waals surface area contributed by atoms with Gasteiger partial charge in [0.1, 0.15) is 0 Å². The number of carbonyl (C=O) groups excluding carboxylic acids is 1. The van der Waals surface area contributed by atoms with Crippen LogP contribution in [-0.2, 0) is 18.4 Å². The van der Waals surface area contributed by atoms with Crippen molar-refractivity contribution in [1.82, 2.24) is 14.5 Å². The van der Waals surface area contributed by atoms with E-state index in [4.69, 9.17) is 0 Å². The lowest BCUT2D eigenvalue weighted by Gasteiger charge is -2.24. The molecule has 24 heavy (non-hydrogen) atoms. The van der Waals surface area contributed by atoms with Gasteiger partial charge in [0, 0.05) is 50.4 Å². The molecule has 2 aliphatic rings. The minimum absolute atomic E-state index is 0.112. The lowest BCUT2D eigenvalue weighted by atomic mass is 9.86. The van der Waals surface area contributed by atoms with Crippen LogP contribution in [0.1, 0.15) is 24.1 Å². The Morgan fingerprint density at radius 3 is 2.71 bits per heavy atom. The van der Waals surface area contributed by atoms with E-state index in [1.54, 1.807) is 0 Å². The number of hydrogen-bond donors (Lipinski definition) is 0. The fraction of sp³-hybridized carbons (Fsp3) is 0.474. The summed E-state index contributed by atoms with van der Waals surface area (Å²) in [5, 5.41) is 0. The first-order valence-corrected chi connectivity index (χ1v) is 8.59. The van der Waals surface area contributed by atoms with Gasteiger partial charge < -0.3 is 9.47 Å². The van der Waals surface area contributed by atoms with Gasteiger partial charge in [-0.1, -0.05) is 17.7 Å². The monoisotopic (exact) mass is 324 g/mol. The molecule has 0 bridgehead atoms. The normalized spacial score (nSPS) is 24.4. The maximum Gasteiger partial charge on any atom is 0.227 e. The predicted molar refractivity (Wildman–Crippen MR) is 93.7 cm³/mol. The molecule has 0 unspecified atom stereocenters. The number of nitrogens with zero attached hydrogens (tertiary/aromatic N) is 4. The van der Waals surface area contributed by atoms with Crippen LogP contribution in [0.5, 0.6) is 0 Å². The highest BCUT2D eigenvalue weighted by Crippen LogP contribution is 2.42. The Morgan fingerprint density at radius 1 is 1.21 bits per heavy atom. The Hall–Kier alpha value is -2.14. The maximum absolute atomic E-state index is 12.6. The molecule has 0 radical (unpaired) electrons. The average Bonchev–Trinajstić information content (AvgIpc) is 3.22. The molecule has 5 heteroatoms. The molecule has 4 rings (SSSR count). The van der Waals surface area contributed by atoms with Gasteiger partial charge in [0.2, 0.25) is 5.91 Å². The number of anilines is 1. The summed E-state index contributed by atoms with van der Waals surface area (Å²) in [4.78, 5) is 21.2. The molecule has 1 spiro atoms. The standard InChI is InChI=1S/C19H24N4O/c1-15-3-5-16(6-4-15)23-13-19(9-18(23)24)7-8-22(12-19)11-17-10-20-14-21(17)2/h3-6,10,14H,7-9,11-13H2,1-2H3/t19-/m1/s1. The van der Waals surface area contributed by atoms with E-state index in [-0.39, 0.29) is 11.3 Å². The quantitative estimate of drug-likeness (QED) is 0.870. The summed E-state index contributed by atoms with van der Waals surface area (Å²) >= 11 is 0. The highest BCUT2D eigenvalue weighted by molar-refractivity contribution is 5.96. The second-order valence-corrected chi connectivity index (χ2v) is 7.45. The molecule has 1 aromatic carbocycles. The van der Waals surface area contributed by atoms with Crippen LogP contribution >= 0.6 is 0 Å². The molecule has 0 saturated carbocycles. The van der Waals surface area contributed by atoms with E-state index in [0.717, 1.165) is 38.3 Å². The van der Waals surface area contributed by atoms with Crippen molar-refractivity contribution in [2.45, 2.75) is 26.3 Å². The van der Waals surface area contributed by atoms with E-state index in [1.807, 2.05) is 24.5 Å². The van der Waals surface area contributed by atoms with Crippen LogP contribution in [0.2, 0.25) is 0 Å². The SMILES string of the molecule is Cc1ccc(N2C[C@]3(CCN(Cc4cncn4C)C3)CC2=O)cc1. The van der Waals surface area contributed by atoms with Crippen molar-refractivity contribution < 1.29 is 4.79 Å². The first kappa shape index (κ1) is 15.4. The highest BCUT2D eigenvalue weighted by atomic mass is 16.2. The number of likely N-dealkylation sites (tertiary alicyclic amines) is 1. The number of hydrogen-bond acceptors (Lipinski definition) is 3. The summed E-state index contributed by atoms with van der Waals surface area (Å²) < 4.78 is 2.07. The molecule has 2 aliphatic heterocycles. The van der Waals surface area contributed by atoms with Crippen molar-refractivity contribution in [3.05, 3.63) is 48.0 Å². The second-order valence-electron chi connectivity index (χ2n) is 7.45. The zero-order valence-corrected chi connectivity index (χ0v) is 14.4. The van der Waals surface area contributed by atoms with Gasteiger partial charge in [-0.2, -0.15) is 0 Å². The minimum atomic E-state index is 0.112. The van der Waals surface area contributed by atoms with Crippen LogP contribution in [0.4, 0.5) is 5.69 Å². The van der Waals surface area contributed by atoms with Gasteiger partial charge >= 0.3 is 0 Å². The molecule has 1 amide bonds. The zero-order valence-electron chi connectivity index (χ0n) is 14.4. The molecule has 2 fully saturated rings. The molecule has 1 atom stereocenters. The summed E-state index contributed by atoms with van der Waals surface area (Å²) in [7, 11) is 2.03. The predicted octanol–water partition coefficient (Wildman–Crippen LogP) is 2.36. The van der Waals surface area contributed by atoms with Crippen molar-refractivity contribution in [3.63, 3.8) is 0 Å². The fourth-order valence-electron chi connectivity index (χ4n) is 4.06. The molecule has 2 aromatic rings. The third-order valence-corrected chi connectivity index (χ3v) is 5.49. The molecular formula is C19H24N4O. The highest BCUT2D eigenvalue weighted by Gasteiger charge is 2.47. The molecular weight excluding hydrogens is 300 g/mol. The number of rotatable bonds is 3. The first-order chi connectivity index (χ1) is 11.5. The zero-order chi connectivity index (χ0) is 16.7. The van der Waals surface area contributed by atoms with Crippen molar-refractivity contribution in [2.75, 3.05) is 24.5 Å². The van der Waals surface area contributed by atoms with Gasteiger partial charge in [-0.05, 0) is 32.0 Å². The largest absolute Gasteiger partial charge is 0.337 e. The lowest BCUT2D eigenvalue weighted by molar-refractivity contribution is -0.117. The number of imidazole rings is 1. The van der Waals surface area contributed by atoms with Crippen LogP contribution in [0, 0.1) is 12.3 Å². The number of amides is 1. The van der Waals surface area contributed by atoms with Crippen LogP contribution in [0.15, 0.2) is 36.8 Å². The van der Waals surface area contributed by atoms with Gasteiger partial charge in [-0.15, -0.1) is 0 Å². The van der Waals surface area contributed by atoms with Crippen LogP contribution in [0.3, 0.4) is 0 Å². The Bertz CT molecular complexity index is 751. The van der Waals surface area contributed by atoms with E-state index >= 15 is 0 Å². The first-order valence-electron chi connectivity index (χ1n) is 8.59. The molecule has 5 nitrogen and oxygen atoms in total. The Morgan fingerprint density at radius 2 is 2.00 bits per heavy atom. The van der Waals surface area contributed by atoms with E-state index in [0.29, 0.717) is 6.42 Å². The molecule has 126 valence electrons. The van der Waals surface area contributed by atoms with Gasteiger partial charge in [0.25, 0.3) is 0 Å². The molecule has 2 saturated heterocycles. The van der Waals surface area contributed by atoms with Crippen molar-refractivity contribution >= 4 is 11.6 Å². The third kappa shape index (κ3) is 2.73. The topological polar surface area (TPSA) is 41.4 Å². The number of benzene rings is 1. The van der Waals surface area contributed by atoms with Crippen LogP contribution in [-0.4, -0.2) is 40.0 Å². The Kier molecular flexibility index (Phi) is 3.68. The molecule has 3 heterocycles. The van der Waals surface area contributed by atoms with Crippen molar-refractivity contribution in [3.8, 4) is 0 Å². The number of aromatic nitrogens is 2. The Labute approximate surface area is 142 Å². The van der Waals surface area contributed by atoms with E-state index < -0.39 is 0 Å². The summed E-state index contributed by atoms with van der Waals surface area (Å²) in [6.07, 6.45) is 5.55. The summed E-state index contributed by atoms with van der Waals surface area (Å²) in [6.45, 7) is 5.88.